The maximum absolute atomic E-state index is 11.7. The van der Waals surface area contributed by atoms with Crippen molar-refractivity contribution in [2.24, 2.45) is 5.92 Å². The van der Waals surface area contributed by atoms with Crippen LogP contribution >= 0.6 is 0 Å². The zero-order valence-electron chi connectivity index (χ0n) is 10.1. The highest BCUT2D eigenvalue weighted by molar-refractivity contribution is 5.91. The lowest BCUT2D eigenvalue weighted by atomic mass is 9.97. The highest BCUT2D eigenvalue weighted by Gasteiger charge is 2.17. The Hall–Kier alpha value is -1.49. The van der Waals surface area contributed by atoms with Crippen LogP contribution in [0.5, 0.6) is 0 Å². The van der Waals surface area contributed by atoms with Crippen molar-refractivity contribution >= 4 is 5.91 Å². The Bertz CT molecular complexity index is 360. The van der Waals surface area contributed by atoms with Crippen molar-refractivity contribution in [2.45, 2.75) is 12.8 Å². The second-order valence-electron chi connectivity index (χ2n) is 4.55. The smallest absolute Gasteiger partial charge is 0.270 e. The molecule has 1 fully saturated rings. The van der Waals surface area contributed by atoms with E-state index < -0.39 is 0 Å². The Labute approximate surface area is 101 Å². The molecule has 0 aromatic carbocycles. The van der Waals surface area contributed by atoms with E-state index in [-0.39, 0.29) is 5.91 Å². The van der Waals surface area contributed by atoms with Crippen LogP contribution in [0.3, 0.4) is 0 Å². The van der Waals surface area contributed by atoms with Crippen molar-refractivity contribution < 1.29 is 4.79 Å². The molecule has 5 nitrogen and oxygen atoms in total. The number of hydrogen-bond donors (Lipinski definition) is 1. The van der Waals surface area contributed by atoms with Crippen LogP contribution in [-0.4, -0.2) is 47.5 Å². The highest BCUT2D eigenvalue weighted by atomic mass is 16.1. The van der Waals surface area contributed by atoms with Gasteiger partial charge < -0.3 is 10.2 Å². The zero-order valence-corrected chi connectivity index (χ0v) is 10.1. The number of carbonyl (C=O) groups is 1. The quantitative estimate of drug-likeness (QED) is 0.829. The van der Waals surface area contributed by atoms with Crippen molar-refractivity contribution in [3.05, 3.63) is 24.3 Å². The molecule has 1 aliphatic heterocycles. The SMILES string of the molecule is CN1CCC(CNC(=O)c2ccncn2)CC1. The van der Waals surface area contributed by atoms with Gasteiger partial charge in [-0.15, -0.1) is 0 Å². The average Bonchev–Trinajstić information content (AvgIpc) is 2.39. The molecule has 1 aromatic heterocycles. The van der Waals surface area contributed by atoms with E-state index in [9.17, 15) is 4.79 Å². The Balaban J connectivity index is 1.77. The number of rotatable bonds is 3. The van der Waals surface area contributed by atoms with Crippen LogP contribution in [-0.2, 0) is 0 Å². The molecule has 1 N–H and O–H groups in total. The van der Waals surface area contributed by atoms with Crippen LogP contribution in [0, 0.1) is 5.92 Å². The number of nitrogens with zero attached hydrogens (tertiary/aromatic N) is 3. The third-order valence-corrected chi connectivity index (χ3v) is 3.20. The summed E-state index contributed by atoms with van der Waals surface area (Å²) in [5.74, 6) is 0.489. The fourth-order valence-electron chi connectivity index (χ4n) is 2.02. The number of aromatic nitrogens is 2. The van der Waals surface area contributed by atoms with Gasteiger partial charge in [-0.2, -0.15) is 0 Å². The third-order valence-electron chi connectivity index (χ3n) is 3.20. The molecule has 0 bridgehead atoms. The maximum Gasteiger partial charge on any atom is 0.270 e. The Kier molecular flexibility index (Phi) is 4.03. The normalized spacial score (nSPS) is 17.9. The van der Waals surface area contributed by atoms with Crippen molar-refractivity contribution in [1.29, 1.82) is 0 Å². The standard InChI is InChI=1S/C12H18N4O/c1-16-6-3-10(4-7-16)8-14-12(17)11-2-5-13-9-15-11/h2,5,9-10H,3-4,6-8H2,1H3,(H,14,17). The molecule has 0 unspecified atom stereocenters. The topological polar surface area (TPSA) is 58.1 Å². The summed E-state index contributed by atoms with van der Waals surface area (Å²) in [4.78, 5) is 21.8. The van der Waals surface area contributed by atoms with E-state index >= 15 is 0 Å². The van der Waals surface area contributed by atoms with E-state index in [0.29, 0.717) is 11.6 Å². The summed E-state index contributed by atoms with van der Waals surface area (Å²) in [6.45, 7) is 2.98. The van der Waals surface area contributed by atoms with Gasteiger partial charge in [0, 0.05) is 12.7 Å². The third kappa shape index (κ3) is 3.49. The molecule has 5 heteroatoms. The number of amides is 1. The first kappa shape index (κ1) is 12.0. The average molecular weight is 234 g/mol. The molecule has 92 valence electrons. The molecule has 0 saturated carbocycles. The van der Waals surface area contributed by atoms with Crippen LogP contribution in [0.2, 0.25) is 0 Å². The van der Waals surface area contributed by atoms with Crippen molar-refractivity contribution in [3.63, 3.8) is 0 Å². The monoisotopic (exact) mass is 234 g/mol. The maximum atomic E-state index is 11.7. The number of hydrogen-bond acceptors (Lipinski definition) is 4. The number of likely N-dealkylation sites (tertiary alicyclic amines) is 1. The fraction of sp³-hybridized carbons (Fsp3) is 0.583. The van der Waals surface area contributed by atoms with Crippen LogP contribution in [0.1, 0.15) is 23.3 Å². The van der Waals surface area contributed by atoms with Crippen LogP contribution < -0.4 is 5.32 Å². The summed E-state index contributed by atoms with van der Waals surface area (Å²) in [5.41, 5.74) is 0.438. The van der Waals surface area contributed by atoms with E-state index in [2.05, 4.69) is 27.2 Å². The number of carbonyl (C=O) groups excluding carboxylic acids is 1. The predicted octanol–water partition coefficient (Wildman–Crippen LogP) is 0.548. The lowest BCUT2D eigenvalue weighted by Crippen LogP contribution is -2.37. The molecule has 2 rings (SSSR count). The molecule has 1 aliphatic rings. The van der Waals surface area contributed by atoms with E-state index in [1.54, 1.807) is 12.3 Å². The van der Waals surface area contributed by atoms with Gasteiger partial charge >= 0.3 is 0 Å². The van der Waals surface area contributed by atoms with Crippen molar-refractivity contribution in [3.8, 4) is 0 Å². The molecule has 2 heterocycles. The second kappa shape index (κ2) is 5.72. The minimum absolute atomic E-state index is 0.105. The fourth-order valence-corrected chi connectivity index (χ4v) is 2.02. The van der Waals surface area contributed by atoms with E-state index in [1.165, 1.54) is 6.33 Å². The molecule has 1 amide bonds. The molecular formula is C12H18N4O. The summed E-state index contributed by atoms with van der Waals surface area (Å²) in [6.07, 6.45) is 5.28. The molecule has 0 aliphatic carbocycles. The van der Waals surface area contributed by atoms with Gasteiger partial charge in [0.25, 0.3) is 5.91 Å². The van der Waals surface area contributed by atoms with Crippen molar-refractivity contribution in [1.82, 2.24) is 20.2 Å². The second-order valence-corrected chi connectivity index (χ2v) is 4.55. The molecule has 1 aromatic rings. The van der Waals surface area contributed by atoms with E-state index in [4.69, 9.17) is 0 Å². The van der Waals surface area contributed by atoms with Crippen molar-refractivity contribution in [2.75, 3.05) is 26.7 Å². The molecule has 0 spiro atoms. The van der Waals surface area contributed by atoms with Gasteiger partial charge in [-0.05, 0) is 45.0 Å². The van der Waals surface area contributed by atoms with E-state index in [1.807, 2.05) is 0 Å². The minimum atomic E-state index is -0.105. The van der Waals surface area contributed by atoms with Crippen LogP contribution in [0.25, 0.3) is 0 Å². The van der Waals surface area contributed by atoms with Crippen LogP contribution in [0.15, 0.2) is 18.6 Å². The summed E-state index contributed by atoms with van der Waals surface area (Å²) in [5, 5.41) is 2.94. The molecule has 1 saturated heterocycles. The Morgan fingerprint density at radius 1 is 1.53 bits per heavy atom. The van der Waals surface area contributed by atoms with Gasteiger partial charge in [0.05, 0.1) is 0 Å². The minimum Gasteiger partial charge on any atom is -0.350 e. The van der Waals surface area contributed by atoms with Gasteiger partial charge in [-0.3, -0.25) is 4.79 Å². The number of piperidine rings is 1. The summed E-state index contributed by atoms with van der Waals surface area (Å²) in [6, 6.07) is 1.63. The number of nitrogens with one attached hydrogen (secondary N) is 1. The molecule has 0 radical (unpaired) electrons. The van der Waals surface area contributed by atoms with Gasteiger partial charge in [0.2, 0.25) is 0 Å². The summed E-state index contributed by atoms with van der Waals surface area (Å²) in [7, 11) is 2.13. The molecular weight excluding hydrogens is 216 g/mol. The molecule has 0 atom stereocenters. The lowest BCUT2D eigenvalue weighted by Gasteiger charge is -2.28. The summed E-state index contributed by atoms with van der Waals surface area (Å²) >= 11 is 0. The van der Waals surface area contributed by atoms with E-state index in [0.717, 1.165) is 32.5 Å². The first-order chi connectivity index (χ1) is 8.25. The van der Waals surface area contributed by atoms with Gasteiger partial charge in [-0.25, -0.2) is 9.97 Å². The predicted molar refractivity (Wildman–Crippen MR) is 64.6 cm³/mol. The van der Waals surface area contributed by atoms with Gasteiger partial charge in [0.15, 0.2) is 0 Å². The zero-order chi connectivity index (χ0) is 12.1. The Morgan fingerprint density at radius 2 is 2.29 bits per heavy atom. The van der Waals surface area contributed by atoms with Gasteiger partial charge in [-0.1, -0.05) is 0 Å². The van der Waals surface area contributed by atoms with Crippen LogP contribution in [0.4, 0.5) is 0 Å². The highest BCUT2D eigenvalue weighted by Crippen LogP contribution is 2.14. The van der Waals surface area contributed by atoms with Gasteiger partial charge in [0.1, 0.15) is 12.0 Å². The first-order valence-electron chi connectivity index (χ1n) is 5.98. The first-order valence-corrected chi connectivity index (χ1v) is 5.98. The largest absolute Gasteiger partial charge is 0.350 e. The Morgan fingerprint density at radius 3 is 2.94 bits per heavy atom. The lowest BCUT2D eigenvalue weighted by molar-refractivity contribution is 0.0934. The molecule has 17 heavy (non-hydrogen) atoms. The summed E-state index contributed by atoms with van der Waals surface area (Å²) < 4.78 is 0.